The Morgan fingerprint density at radius 3 is 2.63 bits per heavy atom. The van der Waals surface area contributed by atoms with Gasteiger partial charge >= 0.3 is 0 Å². The molecule has 2 rings (SSSR count). The molecule has 0 spiro atoms. The molecule has 106 valence electrons. The van der Waals surface area contributed by atoms with Gasteiger partial charge in [-0.15, -0.1) is 0 Å². The number of hydrogen-bond donors (Lipinski definition) is 1. The highest BCUT2D eigenvalue weighted by atomic mass is 35.5. The molecule has 0 aliphatic carbocycles. The monoisotopic (exact) mass is 282 g/mol. The number of aryl methyl sites for hydroxylation is 1. The van der Waals surface area contributed by atoms with Crippen LogP contribution in [0, 0.1) is 6.92 Å². The summed E-state index contributed by atoms with van der Waals surface area (Å²) in [6.45, 7) is 8.29. The lowest BCUT2D eigenvalue weighted by Gasteiger charge is -2.21. The van der Waals surface area contributed by atoms with Gasteiger partial charge in [0.1, 0.15) is 0 Å². The van der Waals surface area contributed by atoms with Crippen LogP contribution in [0.25, 0.3) is 0 Å². The van der Waals surface area contributed by atoms with E-state index in [0.29, 0.717) is 0 Å². The van der Waals surface area contributed by atoms with Crippen LogP contribution in [0.2, 0.25) is 5.02 Å². The Morgan fingerprint density at radius 2 is 1.89 bits per heavy atom. The Bertz CT molecular complexity index is 411. The highest BCUT2D eigenvalue weighted by Crippen LogP contribution is 2.20. The van der Waals surface area contributed by atoms with Gasteiger partial charge in [-0.1, -0.05) is 23.7 Å². The molecule has 4 heteroatoms. The van der Waals surface area contributed by atoms with Gasteiger partial charge in [0, 0.05) is 31.2 Å². The van der Waals surface area contributed by atoms with Gasteiger partial charge < -0.3 is 5.11 Å². The maximum Gasteiger partial charge on any atom is 0.0558 e. The van der Waals surface area contributed by atoms with Crippen LogP contribution in [-0.4, -0.2) is 54.2 Å². The van der Waals surface area contributed by atoms with Crippen LogP contribution >= 0.6 is 11.6 Å². The molecule has 0 unspecified atom stereocenters. The molecular weight excluding hydrogens is 260 g/mol. The van der Waals surface area contributed by atoms with E-state index in [0.717, 1.165) is 50.7 Å². The Morgan fingerprint density at radius 1 is 1.16 bits per heavy atom. The molecule has 1 aliphatic rings. The summed E-state index contributed by atoms with van der Waals surface area (Å²) in [5.41, 5.74) is 2.42. The first kappa shape index (κ1) is 14.8. The average molecular weight is 283 g/mol. The van der Waals surface area contributed by atoms with Gasteiger partial charge in [-0.2, -0.15) is 0 Å². The van der Waals surface area contributed by atoms with Gasteiger partial charge in [-0.25, -0.2) is 0 Å². The maximum absolute atomic E-state index is 9.00. The summed E-state index contributed by atoms with van der Waals surface area (Å²) in [6, 6.07) is 6.29. The van der Waals surface area contributed by atoms with Crippen molar-refractivity contribution in [1.82, 2.24) is 9.80 Å². The molecular formula is C15H23ClN2O. The molecule has 0 aromatic heterocycles. The summed E-state index contributed by atoms with van der Waals surface area (Å²) < 4.78 is 0. The van der Waals surface area contributed by atoms with Crippen molar-refractivity contribution in [3.8, 4) is 0 Å². The zero-order chi connectivity index (χ0) is 13.7. The minimum Gasteiger partial charge on any atom is -0.395 e. The van der Waals surface area contributed by atoms with Crippen LogP contribution in [0.4, 0.5) is 0 Å². The third-order valence-electron chi connectivity index (χ3n) is 3.70. The highest BCUT2D eigenvalue weighted by molar-refractivity contribution is 6.31. The Balaban J connectivity index is 1.92. The summed E-state index contributed by atoms with van der Waals surface area (Å²) in [7, 11) is 0. The van der Waals surface area contributed by atoms with E-state index in [4.69, 9.17) is 16.7 Å². The summed E-state index contributed by atoms with van der Waals surface area (Å²) >= 11 is 6.30. The van der Waals surface area contributed by atoms with Gasteiger partial charge in [-0.3, -0.25) is 9.80 Å². The molecule has 0 atom stereocenters. The molecule has 1 aliphatic heterocycles. The lowest BCUT2D eigenvalue weighted by Crippen LogP contribution is -2.32. The number of β-amino-alcohol motifs (C(OH)–C–C–N with tert-alkyl or cyclic N) is 1. The zero-order valence-corrected chi connectivity index (χ0v) is 12.4. The molecule has 0 saturated carbocycles. The standard InChI is InChI=1S/C15H23ClN2O/c1-13-3-4-14(15(16)11-13)12-18-6-2-5-17(7-8-18)9-10-19/h3-4,11,19H,2,5-10,12H2,1H3. The van der Waals surface area contributed by atoms with Crippen LogP contribution in [0.5, 0.6) is 0 Å². The second kappa shape index (κ2) is 7.25. The Kier molecular flexibility index (Phi) is 5.64. The fourth-order valence-corrected chi connectivity index (χ4v) is 2.86. The van der Waals surface area contributed by atoms with E-state index >= 15 is 0 Å². The van der Waals surface area contributed by atoms with Crippen LogP contribution in [0.3, 0.4) is 0 Å². The second-order valence-corrected chi connectivity index (χ2v) is 5.70. The molecule has 1 fully saturated rings. The van der Waals surface area contributed by atoms with E-state index < -0.39 is 0 Å². The van der Waals surface area contributed by atoms with Crippen LogP contribution in [0.15, 0.2) is 18.2 Å². The van der Waals surface area contributed by atoms with Crippen molar-refractivity contribution >= 4 is 11.6 Å². The van der Waals surface area contributed by atoms with Crippen molar-refractivity contribution in [3.05, 3.63) is 34.3 Å². The van der Waals surface area contributed by atoms with Crippen molar-refractivity contribution in [2.24, 2.45) is 0 Å². The molecule has 1 aromatic carbocycles. The van der Waals surface area contributed by atoms with E-state index in [9.17, 15) is 0 Å². The van der Waals surface area contributed by atoms with Gasteiger partial charge in [0.2, 0.25) is 0 Å². The molecule has 3 nitrogen and oxygen atoms in total. The quantitative estimate of drug-likeness (QED) is 0.917. The van der Waals surface area contributed by atoms with E-state index in [1.807, 2.05) is 6.07 Å². The van der Waals surface area contributed by atoms with Gasteiger partial charge in [0.25, 0.3) is 0 Å². The van der Waals surface area contributed by atoms with Gasteiger partial charge in [0.05, 0.1) is 6.61 Å². The van der Waals surface area contributed by atoms with Crippen LogP contribution in [0.1, 0.15) is 17.5 Å². The summed E-state index contributed by atoms with van der Waals surface area (Å²) in [5, 5.41) is 9.87. The molecule has 19 heavy (non-hydrogen) atoms. The largest absolute Gasteiger partial charge is 0.395 e. The average Bonchev–Trinajstić information content (AvgIpc) is 2.59. The molecule has 1 N–H and O–H groups in total. The predicted octanol–water partition coefficient (Wildman–Crippen LogP) is 2.15. The van der Waals surface area contributed by atoms with Crippen LogP contribution in [-0.2, 0) is 6.54 Å². The van der Waals surface area contributed by atoms with E-state index in [1.54, 1.807) is 0 Å². The van der Waals surface area contributed by atoms with Crippen molar-refractivity contribution in [1.29, 1.82) is 0 Å². The number of aliphatic hydroxyl groups is 1. The normalized spacial score (nSPS) is 18.5. The first-order chi connectivity index (χ1) is 9.19. The molecule has 1 heterocycles. The third kappa shape index (κ3) is 4.46. The lowest BCUT2D eigenvalue weighted by molar-refractivity contribution is 0.196. The van der Waals surface area contributed by atoms with E-state index in [-0.39, 0.29) is 6.61 Å². The lowest BCUT2D eigenvalue weighted by atomic mass is 10.1. The Labute approximate surface area is 120 Å². The van der Waals surface area contributed by atoms with Crippen molar-refractivity contribution < 1.29 is 5.11 Å². The Hall–Kier alpha value is -0.610. The maximum atomic E-state index is 9.00. The first-order valence-corrected chi connectivity index (χ1v) is 7.37. The molecule has 1 saturated heterocycles. The number of benzene rings is 1. The van der Waals surface area contributed by atoms with Crippen molar-refractivity contribution in [2.75, 3.05) is 39.3 Å². The summed E-state index contributed by atoms with van der Waals surface area (Å²) in [6.07, 6.45) is 1.16. The fraction of sp³-hybridized carbons (Fsp3) is 0.600. The predicted molar refractivity (Wildman–Crippen MR) is 79.6 cm³/mol. The molecule has 0 radical (unpaired) electrons. The molecule has 1 aromatic rings. The fourth-order valence-electron chi connectivity index (χ4n) is 2.57. The minimum atomic E-state index is 0.254. The van der Waals surface area contributed by atoms with Crippen LogP contribution < -0.4 is 0 Å². The highest BCUT2D eigenvalue weighted by Gasteiger charge is 2.15. The number of aliphatic hydroxyl groups excluding tert-OH is 1. The number of rotatable bonds is 4. The summed E-state index contributed by atoms with van der Waals surface area (Å²) in [5.74, 6) is 0. The summed E-state index contributed by atoms with van der Waals surface area (Å²) in [4.78, 5) is 4.78. The van der Waals surface area contributed by atoms with Crippen molar-refractivity contribution in [2.45, 2.75) is 19.9 Å². The first-order valence-electron chi connectivity index (χ1n) is 6.99. The smallest absolute Gasteiger partial charge is 0.0558 e. The number of hydrogen-bond acceptors (Lipinski definition) is 3. The van der Waals surface area contributed by atoms with Crippen molar-refractivity contribution in [3.63, 3.8) is 0 Å². The second-order valence-electron chi connectivity index (χ2n) is 5.29. The zero-order valence-electron chi connectivity index (χ0n) is 11.6. The number of halogens is 1. The van der Waals surface area contributed by atoms with Gasteiger partial charge in [-0.05, 0) is 43.6 Å². The number of nitrogens with zero attached hydrogens (tertiary/aromatic N) is 2. The third-order valence-corrected chi connectivity index (χ3v) is 4.05. The topological polar surface area (TPSA) is 26.7 Å². The van der Waals surface area contributed by atoms with Gasteiger partial charge in [0.15, 0.2) is 0 Å². The minimum absolute atomic E-state index is 0.254. The molecule has 0 bridgehead atoms. The molecule has 0 amide bonds. The SMILES string of the molecule is Cc1ccc(CN2CCCN(CCO)CC2)c(Cl)c1. The van der Waals surface area contributed by atoms with E-state index in [1.165, 1.54) is 11.1 Å². The van der Waals surface area contributed by atoms with E-state index in [2.05, 4.69) is 28.9 Å².